The molecule has 132 valence electrons. The maximum atomic E-state index is 12.1. The molecule has 24 heavy (non-hydrogen) atoms. The lowest BCUT2D eigenvalue weighted by molar-refractivity contribution is -0.123. The molecule has 1 aromatic carbocycles. The Labute approximate surface area is 140 Å². The first-order valence-corrected chi connectivity index (χ1v) is 7.34. The monoisotopic (exact) mass is 338 g/mol. The molecular formula is C16H22N2O6. The van der Waals surface area contributed by atoms with Crippen LogP contribution < -0.4 is 20.1 Å². The van der Waals surface area contributed by atoms with Gasteiger partial charge in [-0.3, -0.25) is 10.1 Å². The van der Waals surface area contributed by atoms with E-state index in [2.05, 4.69) is 10.6 Å². The standard InChI is InChI=1S/C16H22N2O6/c1-10(2)8-17-16(21)18-13(19)9-24-15(20)11-6-5-7-12(22-3)14(11)23-4/h5-7,10H,8-9H2,1-4H3,(H2,17,18,19,21). The van der Waals surface area contributed by atoms with E-state index < -0.39 is 24.5 Å². The summed E-state index contributed by atoms with van der Waals surface area (Å²) in [5.41, 5.74) is 0.119. The van der Waals surface area contributed by atoms with E-state index in [4.69, 9.17) is 14.2 Å². The number of carbonyl (C=O) groups is 3. The number of ether oxygens (including phenoxy) is 3. The SMILES string of the molecule is COc1cccc(C(=O)OCC(=O)NC(=O)NCC(C)C)c1OC. The first kappa shape index (κ1) is 19.3. The van der Waals surface area contributed by atoms with Crippen molar-refractivity contribution >= 4 is 17.9 Å². The van der Waals surface area contributed by atoms with E-state index >= 15 is 0 Å². The van der Waals surface area contributed by atoms with Crippen molar-refractivity contribution in [3.8, 4) is 11.5 Å². The fourth-order valence-corrected chi connectivity index (χ4v) is 1.76. The first-order valence-electron chi connectivity index (χ1n) is 7.34. The van der Waals surface area contributed by atoms with Crippen molar-refractivity contribution < 1.29 is 28.6 Å². The number of carbonyl (C=O) groups excluding carboxylic acids is 3. The molecule has 0 heterocycles. The van der Waals surface area contributed by atoms with E-state index in [1.54, 1.807) is 12.1 Å². The zero-order chi connectivity index (χ0) is 18.1. The van der Waals surface area contributed by atoms with Crippen LogP contribution in [-0.2, 0) is 9.53 Å². The van der Waals surface area contributed by atoms with Crippen LogP contribution in [-0.4, -0.2) is 45.3 Å². The lowest BCUT2D eigenvalue weighted by Gasteiger charge is -2.12. The Hall–Kier alpha value is -2.77. The van der Waals surface area contributed by atoms with Crippen LogP contribution in [0, 0.1) is 5.92 Å². The normalized spacial score (nSPS) is 10.0. The minimum absolute atomic E-state index is 0.119. The first-order chi connectivity index (χ1) is 11.4. The van der Waals surface area contributed by atoms with Gasteiger partial charge in [-0.2, -0.15) is 0 Å². The number of rotatable bonds is 7. The molecule has 0 saturated carbocycles. The van der Waals surface area contributed by atoms with Gasteiger partial charge in [-0.25, -0.2) is 9.59 Å². The van der Waals surface area contributed by atoms with Gasteiger partial charge in [0, 0.05) is 6.54 Å². The predicted molar refractivity (Wildman–Crippen MR) is 86.2 cm³/mol. The van der Waals surface area contributed by atoms with Crippen LogP contribution in [0.25, 0.3) is 0 Å². The van der Waals surface area contributed by atoms with Gasteiger partial charge in [0.1, 0.15) is 5.56 Å². The fraction of sp³-hybridized carbons (Fsp3) is 0.438. The minimum Gasteiger partial charge on any atom is -0.493 e. The van der Waals surface area contributed by atoms with E-state index in [0.717, 1.165) is 0 Å². The number of methoxy groups -OCH3 is 2. The third kappa shape index (κ3) is 5.79. The molecule has 0 unspecified atom stereocenters. The van der Waals surface area contributed by atoms with Gasteiger partial charge >= 0.3 is 12.0 Å². The van der Waals surface area contributed by atoms with Crippen molar-refractivity contribution in [1.29, 1.82) is 0 Å². The summed E-state index contributed by atoms with van der Waals surface area (Å²) < 4.78 is 15.1. The average Bonchev–Trinajstić information content (AvgIpc) is 2.56. The van der Waals surface area contributed by atoms with Gasteiger partial charge in [0.2, 0.25) is 0 Å². The van der Waals surface area contributed by atoms with Crippen LogP contribution >= 0.6 is 0 Å². The molecule has 0 aliphatic heterocycles. The van der Waals surface area contributed by atoms with Crippen molar-refractivity contribution in [1.82, 2.24) is 10.6 Å². The molecule has 0 bridgehead atoms. The molecule has 8 heteroatoms. The zero-order valence-electron chi connectivity index (χ0n) is 14.2. The summed E-state index contributed by atoms with van der Waals surface area (Å²) >= 11 is 0. The highest BCUT2D eigenvalue weighted by Gasteiger charge is 2.19. The number of imide groups is 1. The molecule has 3 amide bonds. The number of urea groups is 1. The van der Waals surface area contributed by atoms with Crippen molar-refractivity contribution in [3.05, 3.63) is 23.8 Å². The van der Waals surface area contributed by atoms with Gasteiger partial charge in [-0.1, -0.05) is 19.9 Å². The third-order valence-electron chi connectivity index (χ3n) is 2.88. The van der Waals surface area contributed by atoms with Crippen molar-refractivity contribution in [2.45, 2.75) is 13.8 Å². The van der Waals surface area contributed by atoms with Gasteiger partial charge in [-0.15, -0.1) is 0 Å². The molecule has 8 nitrogen and oxygen atoms in total. The Kier molecular flexibility index (Phi) is 7.54. The summed E-state index contributed by atoms with van der Waals surface area (Å²) in [6, 6.07) is 4.07. The Morgan fingerprint density at radius 1 is 1.12 bits per heavy atom. The topological polar surface area (TPSA) is 103 Å². The summed E-state index contributed by atoms with van der Waals surface area (Å²) in [5, 5.41) is 4.59. The highest BCUT2D eigenvalue weighted by molar-refractivity contribution is 5.98. The number of benzene rings is 1. The number of hydrogen-bond donors (Lipinski definition) is 2. The van der Waals surface area contributed by atoms with E-state index in [1.807, 2.05) is 13.8 Å². The molecule has 1 rings (SSSR count). The van der Waals surface area contributed by atoms with Crippen LogP contribution in [0.15, 0.2) is 18.2 Å². The zero-order valence-corrected chi connectivity index (χ0v) is 14.2. The maximum Gasteiger partial charge on any atom is 0.342 e. The molecule has 2 N–H and O–H groups in total. The van der Waals surface area contributed by atoms with Gasteiger partial charge < -0.3 is 19.5 Å². The Bertz CT molecular complexity index is 600. The summed E-state index contributed by atoms with van der Waals surface area (Å²) in [5.74, 6) is -0.663. The van der Waals surface area contributed by atoms with Crippen LogP contribution in [0.2, 0.25) is 0 Å². The van der Waals surface area contributed by atoms with Crippen molar-refractivity contribution in [2.24, 2.45) is 5.92 Å². The largest absolute Gasteiger partial charge is 0.493 e. The van der Waals surface area contributed by atoms with E-state index in [1.165, 1.54) is 20.3 Å². The number of amides is 3. The summed E-state index contributed by atoms with van der Waals surface area (Å²) in [4.78, 5) is 35.1. The minimum atomic E-state index is -0.761. The third-order valence-corrected chi connectivity index (χ3v) is 2.88. The second kappa shape index (κ2) is 9.39. The molecular weight excluding hydrogens is 316 g/mol. The van der Waals surface area contributed by atoms with E-state index in [9.17, 15) is 14.4 Å². The van der Waals surface area contributed by atoms with Crippen LogP contribution in [0.1, 0.15) is 24.2 Å². The van der Waals surface area contributed by atoms with Crippen LogP contribution in [0.4, 0.5) is 4.79 Å². The quantitative estimate of drug-likeness (QED) is 0.727. The number of nitrogens with one attached hydrogen (secondary N) is 2. The maximum absolute atomic E-state index is 12.1. The summed E-state index contributed by atoms with van der Waals surface area (Å²) in [6.07, 6.45) is 0. The lowest BCUT2D eigenvalue weighted by Crippen LogP contribution is -2.42. The van der Waals surface area contributed by atoms with Gasteiger partial charge in [-0.05, 0) is 18.1 Å². The molecule has 0 spiro atoms. The molecule has 0 saturated heterocycles. The van der Waals surface area contributed by atoms with E-state index in [-0.39, 0.29) is 17.2 Å². The fourth-order valence-electron chi connectivity index (χ4n) is 1.76. The van der Waals surface area contributed by atoms with Gasteiger partial charge in [0.15, 0.2) is 18.1 Å². The number of hydrogen-bond acceptors (Lipinski definition) is 6. The Balaban J connectivity index is 2.57. The second-order valence-electron chi connectivity index (χ2n) is 5.27. The average molecular weight is 338 g/mol. The highest BCUT2D eigenvalue weighted by Crippen LogP contribution is 2.30. The van der Waals surface area contributed by atoms with Gasteiger partial charge in [0.05, 0.1) is 14.2 Å². The molecule has 0 radical (unpaired) electrons. The van der Waals surface area contributed by atoms with Crippen LogP contribution in [0.5, 0.6) is 11.5 Å². The smallest absolute Gasteiger partial charge is 0.342 e. The highest BCUT2D eigenvalue weighted by atomic mass is 16.5. The number of esters is 1. The molecule has 0 aromatic heterocycles. The second-order valence-corrected chi connectivity index (χ2v) is 5.27. The Morgan fingerprint density at radius 3 is 2.42 bits per heavy atom. The summed E-state index contributed by atoms with van der Waals surface area (Å²) in [7, 11) is 2.83. The van der Waals surface area contributed by atoms with Crippen LogP contribution in [0.3, 0.4) is 0 Å². The Morgan fingerprint density at radius 2 is 1.83 bits per heavy atom. The molecule has 0 fully saturated rings. The lowest BCUT2D eigenvalue weighted by atomic mass is 10.2. The molecule has 0 aliphatic rings. The number of para-hydroxylation sites is 1. The molecule has 0 aliphatic carbocycles. The summed E-state index contributed by atoms with van der Waals surface area (Å²) in [6.45, 7) is 3.69. The van der Waals surface area contributed by atoms with Gasteiger partial charge in [0.25, 0.3) is 5.91 Å². The molecule has 1 aromatic rings. The van der Waals surface area contributed by atoms with Crippen molar-refractivity contribution in [3.63, 3.8) is 0 Å². The van der Waals surface area contributed by atoms with E-state index in [0.29, 0.717) is 12.3 Å². The predicted octanol–water partition coefficient (Wildman–Crippen LogP) is 1.34. The molecule has 0 atom stereocenters. The van der Waals surface area contributed by atoms with Crippen molar-refractivity contribution in [2.75, 3.05) is 27.4 Å².